The van der Waals surface area contributed by atoms with Gasteiger partial charge in [0.2, 0.25) is 0 Å². The molecule has 0 spiro atoms. The minimum Gasteiger partial charge on any atom is -0.465 e. The van der Waals surface area contributed by atoms with Gasteiger partial charge in [-0.1, -0.05) is 52.7 Å². The van der Waals surface area contributed by atoms with Crippen molar-refractivity contribution in [2.45, 2.75) is 73.6 Å². The number of carbonyl (C=O) groups is 2. The zero-order chi connectivity index (χ0) is 18.9. The first kappa shape index (κ1) is 20.0. The summed E-state index contributed by atoms with van der Waals surface area (Å²) in [5.41, 5.74) is -2.66. The van der Waals surface area contributed by atoms with Crippen molar-refractivity contribution in [1.82, 2.24) is 0 Å². The lowest BCUT2D eigenvalue weighted by Gasteiger charge is -2.50. The summed E-state index contributed by atoms with van der Waals surface area (Å²) in [5.74, 6) is -0.544. The Balaban J connectivity index is 2.38. The van der Waals surface area contributed by atoms with Gasteiger partial charge in [0.25, 0.3) is 0 Å². The van der Waals surface area contributed by atoms with Gasteiger partial charge in [-0.15, -0.1) is 0 Å². The first-order valence-corrected chi connectivity index (χ1v) is 9.68. The van der Waals surface area contributed by atoms with E-state index in [1.54, 1.807) is 0 Å². The molecule has 2 aliphatic carbocycles. The fraction of sp³-hybridized carbons (Fsp3) is 0.810. The molecule has 4 atom stereocenters. The van der Waals surface area contributed by atoms with Gasteiger partial charge in [0.1, 0.15) is 0 Å². The fourth-order valence-electron chi connectivity index (χ4n) is 4.86. The molecule has 4 nitrogen and oxygen atoms in total. The lowest BCUT2D eigenvalue weighted by Crippen LogP contribution is -2.58. The first-order valence-electron chi connectivity index (χ1n) is 9.68. The molecule has 142 valence electrons. The van der Waals surface area contributed by atoms with E-state index in [9.17, 15) is 9.59 Å². The summed E-state index contributed by atoms with van der Waals surface area (Å²) in [4.78, 5) is 26.3. The van der Waals surface area contributed by atoms with Crippen LogP contribution in [0.15, 0.2) is 12.2 Å². The molecule has 4 heteroatoms. The van der Waals surface area contributed by atoms with E-state index in [1.165, 1.54) is 0 Å². The molecule has 0 aromatic rings. The minimum atomic E-state index is -0.930. The van der Waals surface area contributed by atoms with Crippen LogP contribution in [-0.4, -0.2) is 25.2 Å². The third-order valence-corrected chi connectivity index (χ3v) is 7.12. The number of esters is 2. The number of unbranched alkanes of at least 4 members (excludes halogenated alkanes) is 2. The predicted octanol–water partition coefficient (Wildman–Crippen LogP) is 4.67. The van der Waals surface area contributed by atoms with Gasteiger partial charge in [-0.05, 0) is 33.1 Å². The molecular formula is C21H34O4. The maximum atomic E-state index is 13.2. The molecule has 25 heavy (non-hydrogen) atoms. The number of hydrogen-bond acceptors (Lipinski definition) is 4. The van der Waals surface area contributed by atoms with Gasteiger partial charge in [0.15, 0.2) is 0 Å². The Morgan fingerprint density at radius 3 is 1.48 bits per heavy atom. The van der Waals surface area contributed by atoms with Gasteiger partial charge >= 0.3 is 11.9 Å². The Labute approximate surface area is 152 Å². The zero-order valence-corrected chi connectivity index (χ0v) is 16.7. The first-order chi connectivity index (χ1) is 11.6. The minimum absolute atomic E-state index is 0.272. The molecule has 0 heterocycles. The molecule has 0 aromatic heterocycles. The fourth-order valence-corrected chi connectivity index (χ4v) is 4.86. The smallest absolute Gasteiger partial charge is 0.313 e. The van der Waals surface area contributed by atoms with Crippen LogP contribution in [0.5, 0.6) is 0 Å². The quantitative estimate of drug-likeness (QED) is 0.362. The number of allylic oxidation sites excluding steroid dienone is 2. The van der Waals surface area contributed by atoms with Crippen molar-refractivity contribution < 1.29 is 19.1 Å². The van der Waals surface area contributed by atoms with Crippen molar-refractivity contribution in [2.75, 3.05) is 13.2 Å². The van der Waals surface area contributed by atoms with E-state index in [0.717, 1.165) is 32.1 Å². The van der Waals surface area contributed by atoms with Crippen LogP contribution in [0.2, 0.25) is 0 Å². The van der Waals surface area contributed by atoms with Crippen LogP contribution in [0.3, 0.4) is 0 Å². The summed E-state index contributed by atoms with van der Waals surface area (Å²) in [5, 5.41) is 0. The normalized spacial score (nSPS) is 38.8. The van der Waals surface area contributed by atoms with Gasteiger partial charge in [-0.2, -0.15) is 0 Å². The summed E-state index contributed by atoms with van der Waals surface area (Å²) < 4.78 is 11.2. The van der Waals surface area contributed by atoms with Crippen LogP contribution < -0.4 is 0 Å². The molecule has 0 amide bonds. The highest BCUT2D eigenvalue weighted by atomic mass is 16.5. The van der Waals surface area contributed by atoms with E-state index >= 15 is 0 Å². The van der Waals surface area contributed by atoms with Crippen LogP contribution in [0.1, 0.15) is 73.6 Å². The molecule has 1 saturated carbocycles. The molecule has 2 rings (SSSR count). The Bertz CT molecular complexity index is 520. The van der Waals surface area contributed by atoms with E-state index in [1.807, 2.05) is 13.8 Å². The third-order valence-electron chi connectivity index (χ3n) is 7.12. The molecule has 0 N–H and O–H groups in total. The monoisotopic (exact) mass is 350 g/mol. The van der Waals surface area contributed by atoms with Crippen molar-refractivity contribution in [3.05, 3.63) is 12.2 Å². The maximum absolute atomic E-state index is 13.2. The zero-order valence-electron chi connectivity index (χ0n) is 16.7. The summed E-state index contributed by atoms with van der Waals surface area (Å²) in [7, 11) is 0. The van der Waals surface area contributed by atoms with E-state index < -0.39 is 21.7 Å². The van der Waals surface area contributed by atoms with E-state index in [2.05, 4.69) is 39.8 Å². The standard InChI is InChI=1S/C21H34O4/c1-7-9-13-24-16(22)20(5)18(3)11-12-19(4,15-18)21(20,6)17(23)25-14-10-8-2/h11-12H,7-10,13-15H2,1-6H3/t18-,19-,20?,21?/m1/s1. The van der Waals surface area contributed by atoms with Crippen molar-refractivity contribution >= 4 is 11.9 Å². The van der Waals surface area contributed by atoms with Gasteiger partial charge in [0.05, 0.1) is 24.0 Å². The van der Waals surface area contributed by atoms with Crippen LogP contribution in [-0.2, 0) is 19.1 Å². The third kappa shape index (κ3) is 2.63. The molecular weight excluding hydrogens is 316 g/mol. The van der Waals surface area contributed by atoms with Crippen molar-refractivity contribution in [2.24, 2.45) is 21.7 Å². The summed E-state index contributed by atoms with van der Waals surface area (Å²) in [6.45, 7) is 12.9. The van der Waals surface area contributed by atoms with Gasteiger partial charge in [0, 0.05) is 10.8 Å². The van der Waals surface area contributed by atoms with Crippen molar-refractivity contribution in [3.8, 4) is 0 Å². The number of ether oxygens (including phenoxy) is 2. The Morgan fingerprint density at radius 1 is 0.800 bits per heavy atom. The summed E-state index contributed by atoms with van der Waals surface area (Å²) in [6, 6.07) is 0. The molecule has 0 radical (unpaired) electrons. The van der Waals surface area contributed by atoms with Crippen molar-refractivity contribution in [3.63, 3.8) is 0 Å². The second kappa shape index (κ2) is 6.77. The van der Waals surface area contributed by atoms with Gasteiger partial charge < -0.3 is 9.47 Å². The van der Waals surface area contributed by atoms with E-state index in [4.69, 9.17) is 9.47 Å². The molecule has 2 unspecified atom stereocenters. The van der Waals surface area contributed by atoms with Crippen LogP contribution in [0, 0.1) is 21.7 Å². The second-order valence-corrected chi connectivity index (χ2v) is 8.57. The predicted molar refractivity (Wildman–Crippen MR) is 97.9 cm³/mol. The molecule has 2 aliphatic rings. The lowest BCUT2D eigenvalue weighted by atomic mass is 9.52. The molecule has 0 aliphatic heterocycles. The topological polar surface area (TPSA) is 52.6 Å². The second-order valence-electron chi connectivity index (χ2n) is 8.57. The summed E-state index contributed by atoms with van der Waals surface area (Å²) in [6.07, 6.45) is 8.58. The number of rotatable bonds is 8. The number of carbonyl (C=O) groups excluding carboxylic acids is 2. The van der Waals surface area contributed by atoms with Gasteiger partial charge in [-0.3, -0.25) is 9.59 Å². The van der Waals surface area contributed by atoms with Crippen LogP contribution >= 0.6 is 0 Å². The van der Waals surface area contributed by atoms with E-state index in [-0.39, 0.29) is 11.9 Å². The SMILES string of the molecule is CCCCOC(=O)C1(C)C(C)(C(=O)OCCCC)[C@]2(C)C=C[C@]1(C)C2. The molecule has 2 bridgehead atoms. The van der Waals surface area contributed by atoms with Crippen LogP contribution in [0.4, 0.5) is 0 Å². The highest BCUT2D eigenvalue weighted by Gasteiger charge is 2.78. The Hall–Kier alpha value is -1.32. The Morgan fingerprint density at radius 2 is 1.16 bits per heavy atom. The summed E-state index contributed by atoms with van der Waals surface area (Å²) >= 11 is 0. The Kier molecular flexibility index (Phi) is 5.42. The average Bonchev–Trinajstić information content (AvgIpc) is 2.96. The van der Waals surface area contributed by atoms with Gasteiger partial charge in [-0.25, -0.2) is 0 Å². The maximum Gasteiger partial charge on any atom is 0.313 e. The highest BCUT2D eigenvalue weighted by Crippen LogP contribution is 2.75. The lowest BCUT2D eigenvalue weighted by molar-refractivity contribution is -0.187. The largest absolute Gasteiger partial charge is 0.465 e. The highest BCUT2D eigenvalue weighted by molar-refractivity contribution is 5.92. The molecule has 0 saturated heterocycles. The number of fused-ring (bicyclic) bond motifs is 2. The number of hydrogen-bond donors (Lipinski definition) is 0. The van der Waals surface area contributed by atoms with E-state index in [0.29, 0.717) is 13.2 Å². The molecule has 0 aromatic carbocycles. The van der Waals surface area contributed by atoms with Crippen molar-refractivity contribution in [1.29, 1.82) is 0 Å². The molecule has 1 fully saturated rings. The van der Waals surface area contributed by atoms with Crippen LogP contribution in [0.25, 0.3) is 0 Å². The average molecular weight is 350 g/mol.